The van der Waals surface area contributed by atoms with Gasteiger partial charge in [-0.05, 0) is 41.8 Å². The number of nitrogens with one attached hydrogen (secondary N) is 2. The average molecular weight is 605 g/mol. The Morgan fingerprint density at radius 2 is 1.93 bits per heavy atom. The largest absolute Gasteiger partial charge is 0.396 e. The molecule has 0 bridgehead atoms. The van der Waals surface area contributed by atoms with E-state index >= 15 is 0 Å². The molecule has 0 unspecified atom stereocenters. The number of aromatic amines is 1. The van der Waals surface area contributed by atoms with E-state index < -0.39 is 11.5 Å². The van der Waals surface area contributed by atoms with Crippen molar-refractivity contribution in [2.45, 2.75) is 44.9 Å². The summed E-state index contributed by atoms with van der Waals surface area (Å²) >= 11 is 0. The molecular weight excluding hydrogens is 568 g/mol. The summed E-state index contributed by atoms with van der Waals surface area (Å²) in [6.45, 7) is 2.69. The van der Waals surface area contributed by atoms with Crippen LogP contribution in [0, 0.1) is 5.92 Å². The first-order valence-electron chi connectivity index (χ1n) is 15.1. The van der Waals surface area contributed by atoms with Gasteiger partial charge in [0.2, 0.25) is 5.91 Å². The molecule has 230 valence electrons. The van der Waals surface area contributed by atoms with Gasteiger partial charge in [-0.1, -0.05) is 72.8 Å². The van der Waals surface area contributed by atoms with Crippen molar-refractivity contribution in [2.75, 3.05) is 16.8 Å². The Hall–Kier alpha value is -5.06. The van der Waals surface area contributed by atoms with E-state index in [1.807, 2.05) is 92.0 Å². The summed E-state index contributed by atoms with van der Waals surface area (Å²) in [4.78, 5) is 31.7. The summed E-state index contributed by atoms with van der Waals surface area (Å²) in [6, 6.07) is 22.7. The number of carbonyl (C=O) groups is 2. The second-order valence-electron chi connectivity index (χ2n) is 11.4. The van der Waals surface area contributed by atoms with Crippen LogP contribution in [0.25, 0.3) is 10.9 Å². The van der Waals surface area contributed by atoms with Crippen molar-refractivity contribution >= 4 is 34.1 Å². The van der Waals surface area contributed by atoms with Gasteiger partial charge in [0.25, 0.3) is 5.91 Å². The first-order valence-corrected chi connectivity index (χ1v) is 15.1. The third kappa shape index (κ3) is 6.15. The summed E-state index contributed by atoms with van der Waals surface area (Å²) in [7, 11) is 0. The van der Waals surface area contributed by atoms with Crippen LogP contribution in [-0.4, -0.2) is 48.6 Å². The molecule has 0 saturated carbocycles. The maximum absolute atomic E-state index is 13.9. The quantitative estimate of drug-likeness (QED) is 0.155. The van der Waals surface area contributed by atoms with E-state index in [0.717, 1.165) is 27.7 Å². The van der Waals surface area contributed by atoms with E-state index in [1.165, 1.54) is 0 Å². The number of H-pyrrole nitrogens is 1. The zero-order chi connectivity index (χ0) is 31.4. The van der Waals surface area contributed by atoms with Gasteiger partial charge in [-0.15, -0.1) is 5.10 Å². The lowest BCUT2D eigenvalue weighted by atomic mass is 9.83. The molecule has 0 saturated heterocycles. The molecule has 10 nitrogen and oxygen atoms in total. The van der Waals surface area contributed by atoms with E-state index in [0.29, 0.717) is 36.3 Å². The number of aryl methyl sites for hydroxylation is 1. The molecule has 2 atom stereocenters. The van der Waals surface area contributed by atoms with Gasteiger partial charge in [0.15, 0.2) is 5.60 Å². The normalized spacial score (nSPS) is 16.9. The van der Waals surface area contributed by atoms with Crippen LogP contribution in [0.3, 0.4) is 0 Å². The monoisotopic (exact) mass is 604 g/mol. The molecule has 2 aromatic heterocycles. The molecule has 3 aromatic carbocycles. The second kappa shape index (κ2) is 12.9. The number of rotatable bonds is 12. The molecule has 1 aliphatic rings. The highest BCUT2D eigenvalue weighted by atomic mass is 16.3. The van der Waals surface area contributed by atoms with Crippen LogP contribution in [0.4, 0.5) is 11.4 Å². The third-order valence-corrected chi connectivity index (χ3v) is 8.32. The number of fused-ring (bicyclic) bond motifs is 2. The Morgan fingerprint density at radius 1 is 1.11 bits per heavy atom. The Kier molecular flexibility index (Phi) is 8.59. The minimum absolute atomic E-state index is 0.0235. The summed E-state index contributed by atoms with van der Waals surface area (Å²) < 4.78 is 1.71. The third-order valence-electron chi connectivity index (χ3n) is 8.32. The van der Waals surface area contributed by atoms with Crippen LogP contribution in [-0.2, 0) is 41.1 Å². The van der Waals surface area contributed by atoms with Gasteiger partial charge >= 0.3 is 0 Å². The van der Waals surface area contributed by atoms with E-state index in [-0.39, 0.29) is 31.4 Å². The number of carbonyl (C=O) groups excluding carboxylic acids is 2. The van der Waals surface area contributed by atoms with Crippen LogP contribution in [0.5, 0.6) is 0 Å². The molecule has 6 rings (SSSR count). The van der Waals surface area contributed by atoms with Crippen molar-refractivity contribution in [2.24, 2.45) is 5.92 Å². The van der Waals surface area contributed by atoms with Gasteiger partial charge in [0.1, 0.15) is 0 Å². The topological polar surface area (TPSA) is 136 Å². The Labute approximate surface area is 261 Å². The first-order chi connectivity index (χ1) is 21.9. The van der Waals surface area contributed by atoms with Gasteiger partial charge < -0.3 is 25.4 Å². The van der Waals surface area contributed by atoms with Crippen molar-refractivity contribution in [3.05, 3.63) is 120 Å². The van der Waals surface area contributed by atoms with Crippen molar-refractivity contribution in [3.63, 3.8) is 0 Å². The van der Waals surface area contributed by atoms with E-state index in [4.69, 9.17) is 5.11 Å². The minimum Gasteiger partial charge on any atom is -0.396 e. The van der Waals surface area contributed by atoms with Crippen molar-refractivity contribution < 1.29 is 19.8 Å². The number of amides is 2. The molecule has 4 N–H and O–H groups in total. The highest BCUT2D eigenvalue weighted by Crippen LogP contribution is 2.45. The number of nitrogens with zero attached hydrogens (tertiary/aromatic N) is 4. The van der Waals surface area contributed by atoms with Crippen molar-refractivity contribution in [3.8, 4) is 0 Å². The van der Waals surface area contributed by atoms with Crippen molar-refractivity contribution in [1.82, 2.24) is 20.0 Å². The minimum atomic E-state index is -1.72. The molecule has 0 aliphatic carbocycles. The highest BCUT2D eigenvalue weighted by molar-refractivity contribution is 6.07. The molecule has 0 spiro atoms. The molecule has 1 aliphatic heterocycles. The number of allylic oxidation sites excluding steroid dienone is 1. The molecular formula is C35H36N6O4. The Balaban J connectivity index is 1.13. The molecule has 45 heavy (non-hydrogen) atoms. The van der Waals surface area contributed by atoms with Crippen LogP contribution in [0.1, 0.15) is 35.7 Å². The number of para-hydroxylation sites is 2. The maximum atomic E-state index is 13.9. The lowest BCUT2D eigenvalue weighted by Gasteiger charge is -2.27. The number of aromatic nitrogens is 4. The predicted molar refractivity (Wildman–Crippen MR) is 172 cm³/mol. The number of benzene rings is 3. The second-order valence-corrected chi connectivity index (χ2v) is 11.4. The summed E-state index contributed by atoms with van der Waals surface area (Å²) in [5, 5.41) is 33.1. The van der Waals surface area contributed by atoms with Gasteiger partial charge in [0, 0.05) is 60.0 Å². The molecule has 0 fully saturated rings. The first kappa shape index (κ1) is 30.0. The standard InChI is InChI=1S/C35H36N6O4/c1-24(9-6-7-17-40-23-28(16-18-42)38-39-40)35(45)30-13-3-5-15-32(30)41(34(35)44)22-25-10-8-11-27(19-25)37-33(43)20-26-21-36-31-14-4-2-12-29(26)31/h2-6,8-15,19,21,23-24,36,42,45H,7,16-18,20,22H2,1H3,(H,37,43)/b9-6+/t24-,35+/m1/s1. The highest BCUT2D eigenvalue weighted by Gasteiger charge is 2.52. The number of aliphatic hydroxyl groups excluding tert-OH is 1. The maximum Gasteiger partial charge on any atom is 0.264 e. The lowest BCUT2D eigenvalue weighted by molar-refractivity contribution is -0.139. The van der Waals surface area contributed by atoms with Crippen LogP contribution >= 0.6 is 0 Å². The molecule has 2 amide bonds. The van der Waals surface area contributed by atoms with Gasteiger partial charge in [0.05, 0.1) is 24.3 Å². The number of anilines is 2. The molecule has 10 heteroatoms. The van der Waals surface area contributed by atoms with Crippen molar-refractivity contribution in [1.29, 1.82) is 0 Å². The van der Waals surface area contributed by atoms with E-state index in [1.54, 1.807) is 21.8 Å². The number of hydrogen-bond donors (Lipinski definition) is 4. The van der Waals surface area contributed by atoms with E-state index in [9.17, 15) is 14.7 Å². The zero-order valence-corrected chi connectivity index (χ0v) is 25.1. The number of hydrogen-bond acceptors (Lipinski definition) is 6. The molecule has 3 heterocycles. The summed E-state index contributed by atoms with van der Waals surface area (Å²) in [5.74, 6) is -1.02. The fourth-order valence-electron chi connectivity index (χ4n) is 5.97. The Morgan fingerprint density at radius 3 is 2.80 bits per heavy atom. The lowest BCUT2D eigenvalue weighted by Crippen LogP contribution is -2.44. The predicted octanol–water partition coefficient (Wildman–Crippen LogP) is 4.49. The van der Waals surface area contributed by atoms with Gasteiger partial charge in [-0.25, -0.2) is 0 Å². The number of aliphatic hydroxyl groups is 2. The molecule has 5 aromatic rings. The van der Waals surface area contributed by atoms with Crippen LogP contribution in [0.15, 0.2) is 97.3 Å². The smallest absolute Gasteiger partial charge is 0.264 e. The average Bonchev–Trinajstić information content (AvgIpc) is 3.73. The molecule has 0 radical (unpaired) electrons. The fraction of sp³-hybridized carbons (Fsp3) is 0.257. The van der Waals surface area contributed by atoms with Gasteiger partial charge in [-0.2, -0.15) is 0 Å². The van der Waals surface area contributed by atoms with E-state index in [2.05, 4.69) is 20.6 Å². The van der Waals surface area contributed by atoms with Gasteiger partial charge in [-0.3, -0.25) is 14.3 Å². The SMILES string of the molecule is C[C@H](/C=C/CCn1cc(CCO)nn1)[C@@]1(O)C(=O)N(Cc2cccc(NC(=O)Cc3c[nH]c4ccccc34)c2)c2ccccc21. The summed E-state index contributed by atoms with van der Waals surface area (Å²) in [5.41, 5.74) is 3.62. The summed E-state index contributed by atoms with van der Waals surface area (Å²) in [6.07, 6.45) is 8.81. The van der Waals surface area contributed by atoms with Crippen LogP contribution < -0.4 is 10.2 Å². The Bertz CT molecular complexity index is 1860. The zero-order valence-electron chi connectivity index (χ0n) is 25.1. The van der Waals surface area contributed by atoms with Crippen LogP contribution in [0.2, 0.25) is 0 Å². The fourth-order valence-corrected chi connectivity index (χ4v) is 5.97.